The van der Waals surface area contributed by atoms with Gasteiger partial charge in [-0.3, -0.25) is 4.79 Å². The summed E-state index contributed by atoms with van der Waals surface area (Å²) in [6, 6.07) is 5.87. The van der Waals surface area contributed by atoms with Gasteiger partial charge in [0.25, 0.3) is 5.91 Å². The summed E-state index contributed by atoms with van der Waals surface area (Å²) < 4.78 is 0. The Morgan fingerprint density at radius 3 is 3.10 bits per heavy atom. The number of benzene rings is 1. The number of amides is 1. The van der Waals surface area contributed by atoms with Crippen LogP contribution in [0.4, 0.5) is 5.69 Å². The number of rotatable bonds is 3. The van der Waals surface area contributed by atoms with Gasteiger partial charge in [-0.15, -0.1) is 0 Å². The van der Waals surface area contributed by atoms with E-state index in [4.69, 9.17) is 5.73 Å². The molecule has 4 N–H and O–H groups in total. The number of thioether (sulfide) groups is 1. The number of nitrogen functional groups attached to an aromatic ring is 1. The molecule has 2 unspecified atom stereocenters. The van der Waals surface area contributed by atoms with Crippen LogP contribution in [0.2, 0.25) is 0 Å². The Morgan fingerprint density at radius 1 is 1.45 bits per heavy atom. The van der Waals surface area contributed by atoms with Crippen molar-refractivity contribution in [2.75, 3.05) is 12.0 Å². The van der Waals surface area contributed by atoms with Gasteiger partial charge in [0.1, 0.15) is 0 Å². The standard InChI is InChI=1S/C15H19N3OS/c1-20-14-4-2-3-13(14)18-15(19)11-8-17-12-6-5-9(16)7-10(11)12/h5-8,13-14,17H,2-4,16H2,1H3,(H,18,19). The third kappa shape index (κ3) is 2.38. The van der Waals surface area contributed by atoms with Crippen molar-refractivity contribution in [1.29, 1.82) is 0 Å². The zero-order chi connectivity index (χ0) is 14.1. The average Bonchev–Trinajstić information content (AvgIpc) is 3.04. The Labute approximate surface area is 122 Å². The molecule has 1 fully saturated rings. The number of nitrogens with one attached hydrogen (secondary N) is 2. The van der Waals surface area contributed by atoms with Gasteiger partial charge in [0.2, 0.25) is 0 Å². The van der Waals surface area contributed by atoms with Crippen molar-refractivity contribution in [1.82, 2.24) is 10.3 Å². The van der Waals surface area contributed by atoms with Crippen LogP contribution in [0.15, 0.2) is 24.4 Å². The molecule has 1 saturated carbocycles. The van der Waals surface area contributed by atoms with E-state index < -0.39 is 0 Å². The number of hydrogen-bond donors (Lipinski definition) is 3. The average molecular weight is 289 g/mol. The predicted octanol–water partition coefficient (Wildman–Crippen LogP) is 2.76. The van der Waals surface area contributed by atoms with Crippen LogP contribution >= 0.6 is 11.8 Å². The summed E-state index contributed by atoms with van der Waals surface area (Å²) in [5.74, 6) is -0.00667. The first-order chi connectivity index (χ1) is 9.69. The monoisotopic (exact) mass is 289 g/mol. The van der Waals surface area contributed by atoms with E-state index in [1.54, 1.807) is 6.20 Å². The summed E-state index contributed by atoms with van der Waals surface area (Å²) in [7, 11) is 0. The fraction of sp³-hybridized carbons (Fsp3) is 0.400. The number of hydrogen-bond acceptors (Lipinski definition) is 3. The Kier molecular flexibility index (Phi) is 3.61. The molecule has 1 aliphatic carbocycles. The summed E-state index contributed by atoms with van der Waals surface area (Å²) >= 11 is 1.84. The van der Waals surface area contributed by atoms with Crippen LogP contribution in [-0.2, 0) is 0 Å². The van der Waals surface area contributed by atoms with Gasteiger partial charge >= 0.3 is 0 Å². The number of carbonyl (C=O) groups is 1. The highest BCUT2D eigenvalue weighted by Gasteiger charge is 2.28. The number of H-pyrrole nitrogens is 1. The first-order valence-electron chi connectivity index (χ1n) is 6.89. The molecule has 1 aliphatic rings. The minimum atomic E-state index is -0.00667. The van der Waals surface area contributed by atoms with Gasteiger partial charge in [0.15, 0.2) is 0 Å². The van der Waals surface area contributed by atoms with Crippen molar-refractivity contribution in [3.8, 4) is 0 Å². The van der Waals surface area contributed by atoms with E-state index in [1.165, 1.54) is 12.8 Å². The molecule has 106 valence electrons. The smallest absolute Gasteiger partial charge is 0.253 e. The molecule has 20 heavy (non-hydrogen) atoms. The molecule has 1 amide bonds. The van der Waals surface area contributed by atoms with E-state index in [2.05, 4.69) is 16.6 Å². The lowest BCUT2D eigenvalue weighted by Crippen LogP contribution is -2.38. The lowest BCUT2D eigenvalue weighted by atomic mass is 10.1. The van der Waals surface area contributed by atoms with Crippen LogP contribution < -0.4 is 11.1 Å². The molecule has 4 nitrogen and oxygen atoms in total. The lowest BCUT2D eigenvalue weighted by molar-refractivity contribution is 0.0940. The fourth-order valence-electron chi connectivity index (χ4n) is 2.95. The van der Waals surface area contributed by atoms with Crippen LogP contribution in [0, 0.1) is 0 Å². The highest BCUT2D eigenvalue weighted by Crippen LogP contribution is 2.29. The molecule has 0 aliphatic heterocycles. The van der Waals surface area contributed by atoms with Gasteiger partial charge < -0.3 is 16.0 Å². The Hall–Kier alpha value is -1.62. The number of aromatic amines is 1. The normalized spacial score (nSPS) is 22.2. The van der Waals surface area contributed by atoms with E-state index in [0.29, 0.717) is 16.5 Å². The molecule has 1 heterocycles. The van der Waals surface area contributed by atoms with Crippen LogP contribution in [0.5, 0.6) is 0 Å². The Morgan fingerprint density at radius 2 is 2.30 bits per heavy atom. The maximum atomic E-state index is 12.5. The number of nitrogens with two attached hydrogens (primary N) is 1. The topological polar surface area (TPSA) is 70.9 Å². The second-order valence-electron chi connectivity index (χ2n) is 5.29. The van der Waals surface area contributed by atoms with Gasteiger partial charge in [0.05, 0.1) is 5.56 Å². The summed E-state index contributed by atoms with van der Waals surface area (Å²) in [4.78, 5) is 15.6. The van der Waals surface area contributed by atoms with Crippen molar-refractivity contribution >= 4 is 34.3 Å². The highest BCUT2D eigenvalue weighted by atomic mass is 32.2. The van der Waals surface area contributed by atoms with E-state index in [9.17, 15) is 4.79 Å². The molecular formula is C15H19N3OS. The molecule has 0 saturated heterocycles. The molecule has 2 atom stereocenters. The molecule has 0 spiro atoms. The molecule has 1 aromatic heterocycles. The Balaban J connectivity index is 1.84. The SMILES string of the molecule is CSC1CCCC1NC(=O)c1c[nH]c2ccc(N)cc12. The molecule has 3 rings (SSSR count). The molecule has 5 heteroatoms. The maximum Gasteiger partial charge on any atom is 0.253 e. The first-order valence-corrected chi connectivity index (χ1v) is 8.18. The van der Waals surface area contributed by atoms with Crippen molar-refractivity contribution < 1.29 is 4.79 Å². The van der Waals surface area contributed by atoms with Crippen LogP contribution in [0.3, 0.4) is 0 Å². The third-order valence-corrected chi connectivity index (χ3v) is 5.19. The molecule has 0 bridgehead atoms. The summed E-state index contributed by atoms with van der Waals surface area (Å²) in [5, 5.41) is 4.60. The van der Waals surface area contributed by atoms with E-state index in [1.807, 2.05) is 30.0 Å². The van der Waals surface area contributed by atoms with Gasteiger partial charge in [-0.2, -0.15) is 11.8 Å². The molecular weight excluding hydrogens is 270 g/mol. The lowest BCUT2D eigenvalue weighted by Gasteiger charge is -2.18. The largest absolute Gasteiger partial charge is 0.399 e. The first kappa shape index (κ1) is 13.4. The number of aromatic nitrogens is 1. The summed E-state index contributed by atoms with van der Waals surface area (Å²) in [6.45, 7) is 0. The summed E-state index contributed by atoms with van der Waals surface area (Å²) in [6.07, 6.45) is 7.33. The van der Waals surface area contributed by atoms with E-state index in [-0.39, 0.29) is 11.9 Å². The van der Waals surface area contributed by atoms with E-state index in [0.717, 1.165) is 17.3 Å². The molecule has 0 radical (unpaired) electrons. The molecule has 1 aromatic carbocycles. The minimum absolute atomic E-state index is 0.00667. The fourth-order valence-corrected chi connectivity index (χ4v) is 3.88. The highest BCUT2D eigenvalue weighted by molar-refractivity contribution is 7.99. The second kappa shape index (κ2) is 5.40. The zero-order valence-electron chi connectivity index (χ0n) is 11.5. The van der Waals surface area contributed by atoms with Crippen molar-refractivity contribution in [3.05, 3.63) is 30.0 Å². The van der Waals surface area contributed by atoms with Gasteiger partial charge in [-0.05, 0) is 37.3 Å². The minimum Gasteiger partial charge on any atom is -0.399 e. The number of carbonyl (C=O) groups excluding carboxylic acids is 1. The van der Waals surface area contributed by atoms with Crippen molar-refractivity contribution in [2.24, 2.45) is 0 Å². The van der Waals surface area contributed by atoms with Gasteiger partial charge in [-0.1, -0.05) is 6.42 Å². The van der Waals surface area contributed by atoms with Gasteiger partial charge in [-0.25, -0.2) is 0 Å². The zero-order valence-corrected chi connectivity index (χ0v) is 12.3. The number of anilines is 1. The quantitative estimate of drug-likeness (QED) is 0.761. The second-order valence-corrected chi connectivity index (χ2v) is 6.37. The van der Waals surface area contributed by atoms with Gasteiger partial charge in [0, 0.05) is 34.1 Å². The molecule has 2 aromatic rings. The van der Waals surface area contributed by atoms with Crippen molar-refractivity contribution in [2.45, 2.75) is 30.6 Å². The van der Waals surface area contributed by atoms with E-state index >= 15 is 0 Å². The third-order valence-electron chi connectivity index (χ3n) is 4.02. The van der Waals surface area contributed by atoms with Crippen LogP contribution in [0.25, 0.3) is 10.9 Å². The van der Waals surface area contributed by atoms with Crippen LogP contribution in [-0.4, -0.2) is 28.4 Å². The maximum absolute atomic E-state index is 12.5. The predicted molar refractivity (Wildman–Crippen MR) is 85.1 cm³/mol. The van der Waals surface area contributed by atoms with Crippen molar-refractivity contribution in [3.63, 3.8) is 0 Å². The number of fused-ring (bicyclic) bond motifs is 1. The summed E-state index contributed by atoms with van der Waals surface area (Å²) in [5.41, 5.74) is 8.11. The Bertz CT molecular complexity index is 637. The van der Waals surface area contributed by atoms with Crippen LogP contribution in [0.1, 0.15) is 29.6 Å².